The third kappa shape index (κ3) is 7.38. The molecular formula is C18H34IN5S. The summed E-state index contributed by atoms with van der Waals surface area (Å²) in [6.45, 7) is 18.3. The number of aryl methyl sites for hydroxylation is 2. The Morgan fingerprint density at radius 1 is 1.24 bits per heavy atom. The minimum atomic E-state index is 0. The first kappa shape index (κ1) is 22.6. The highest BCUT2D eigenvalue weighted by atomic mass is 127. The van der Waals surface area contributed by atoms with Crippen molar-refractivity contribution in [1.29, 1.82) is 0 Å². The van der Waals surface area contributed by atoms with Crippen molar-refractivity contribution < 1.29 is 0 Å². The van der Waals surface area contributed by atoms with Gasteiger partial charge in [0.15, 0.2) is 5.96 Å². The maximum Gasteiger partial charge on any atom is 0.194 e. The van der Waals surface area contributed by atoms with E-state index < -0.39 is 0 Å². The topological polar surface area (TPSA) is 43.8 Å². The number of nitrogens with zero attached hydrogens (tertiary/aromatic N) is 4. The summed E-state index contributed by atoms with van der Waals surface area (Å²) in [5.74, 6) is 1.81. The van der Waals surface area contributed by atoms with Gasteiger partial charge in [-0.1, -0.05) is 13.8 Å². The molecule has 0 saturated carbocycles. The van der Waals surface area contributed by atoms with Crippen molar-refractivity contribution in [3.05, 3.63) is 15.6 Å². The van der Waals surface area contributed by atoms with E-state index in [9.17, 15) is 0 Å². The first-order chi connectivity index (χ1) is 11.5. The second kappa shape index (κ2) is 11.3. The van der Waals surface area contributed by atoms with Gasteiger partial charge in [-0.25, -0.2) is 4.98 Å². The molecule has 2 heterocycles. The van der Waals surface area contributed by atoms with Crippen molar-refractivity contribution in [1.82, 2.24) is 20.1 Å². The van der Waals surface area contributed by atoms with E-state index in [4.69, 9.17) is 4.99 Å². The monoisotopic (exact) mass is 479 g/mol. The molecule has 1 aromatic heterocycles. The van der Waals surface area contributed by atoms with Crippen molar-refractivity contribution in [3.63, 3.8) is 0 Å². The van der Waals surface area contributed by atoms with Crippen LogP contribution < -0.4 is 5.32 Å². The number of thiazole rings is 1. The number of aliphatic imine (C=N–C) groups is 1. The van der Waals surface area contributed by atoms with E-state index >= 15 is 0 Å². The summed E-state index contributed by atoms with van der Waals surface area (Å²) in [7, 11) is 0. The van der Waals surface area contributed by atoms with Crippen LogP contribution in [0.2, 0.25) is 0 Å². The molecule has 1 saturated heterocycles. The Kier molecular flexibility index (Phi) is 10.3. The lowest BCUT2D eigenvalue weighted by atomic mass is 10.2. The molecule has 0 aromatic carbocycles. The minimum Gasteiger partial charge on any atom is -0.357 e. The van der Waals surface area contributed by atoms with Gasteiger partial charge >= 0.3 is 0 Å². The number of aromatic nitrogens is 1. The van der Waals surface area contributed by atoms with E-state index in [0.29, 0.717) is 0 Å². The smallest absolute Gasteiger partial charge is 0.194 e. The van der Waals surface area contributed by atoms with Crippen LogP contribution in [-0.4, -0.2) is 66.6 Å². The number of hydrogen-bond acceptors (Lipinski definition) is 4. The molecule has 0 amide bonds. The average Bonchev–Trinajstić information content (AvgIpc) is 2.84. The average molecular weight is 479 g/mol. The Bertz CT molecular complexity index is 536. The largest absolute Gasteiger partial charge is 0.357 e. The van der Waals surface area contributed by atoms with Crippen LogP contribution in [0.4, 0.5) is 0 Å². The third-order valence-corrected chi connectivity index (χ3v) is 5.36. The lowest BCUT2D eigenvalue weighted by molar-refractivity contribution is 0.164. The number of rotatable bonds is 6. The fourth-order valence-electron chi connectivity index (χ4n) is 3.15. The van der Waals surface area contributed by atoms with Gasteiger partial charge in [0.25, 0.3) is 0 Å². The Morgan fingerprint density at radius 2 is 1.92 bits per heavy atom. The van der Waals surface area contributed by atoms with E-state index in [1.54, 1.807) is 11.3 Å². The van der Waals surface area contributed by atoms with Gasteiger partial charge in [-0.3, -0.25) is 9.89 Å². The maximum absolute atomic E-state index is 4.86. The van der Waals surface area contributed by atoms with Crippen LogP contribution >= 0.6 is 35.3 Å². The third-order valence-electron chi connectivity index (χ3n) is 4.23. The number of halogens is 1. The highest BCUT2D eigenvalue weighted by molar-refractivity contribution is 14.0. The number of piperazine rings is 1. The van der Waals surface area contributed by atoms with Gasteiger partial charge in [0.1, 0.15) is 0 Å². The van der Waals surface area contributed by atoms with Gasteiger partial charge in [0.2, 0.25) is 0 Å². The fourth-order valence-corrected chi connectivity index (χ4v) is 4.08. The summed E-state index contributed by atoms with van der Waals surface area (Å²) in [5.41, 5.74) is 1.17. The molecule has 25 heavy (non-hydrogen) atoms. The van der Waals surface area contributed by atoms with Gasteiger partial charge in [0, 0.05) is 57.1 Å². The van der Waals surface area contributed by atoms with Crippen molar-refractivity contribution in [3.8, 4) is 0 Å². The highest BCUT2D eigenvalue weighted by Crippen LogP contribution is 2.17. The molecule has 1 aliphatic heterocycles. The van der Waals surface area contributed by atoms with Crippen LogP contribution in [0.5, 0.6) is 0 Å². The fraction of sp³-hybridized carbons (Fsp3) is 0.778. The van der Waals surface area contributed by atoms with Gasteiger partial charge in [0.05, 0.1) is 10.7 Å². The molecular weight excluding hydrogens is 445 g/mol. The summed E-state index contributed by atoms with van der Waals surface area (Å²) in [6.07, 6.45) is 0.986. The second-order valence-electron chi connectivity index (χ2n) is 6.91. The molecule has 1 N–H and O–H groups in total. The summed E-state index contributed by atoms with van der Waals surface area (Å²) in [5, 5.41) is 4.61. The lowest BCUT2D eigenvalue weighted by Crippen LogP contribution is -2.53. The summed E-state index contributed by atoms with van der Waals surface area (Å²) >= 11 is 1.80. The van der Waals surface area contributed by atoms with E-state index in [1.165, 1.54) is 17.1 Å². The molecule has 0 aliphatic carbocycles. The normalized spacial score (nSPS) is 16.2. The molecule has 0 radical (unpaired) electrons. The Morgan fingerprint density at radius 3 is 2.44 bits per heavy atom. The zero-order chi connectivity index (χ0) is 17.5. The molecule has 1 aromatic rings. The standard InChI is InChI=1S/C18H33N5S.HI/c1-6-19-18(20-8-7-17-15(4)21-16(5)24-17)23-11-9-22(10-12-23)13-14(2)3;/h14H,6-13H2,1-5H3,(H,19,20);1H. The number of hydrogen-bond donors (Lipinski definition) is 1. The predicted octanol–water partition coefficient (Wildman–Crippen LogP) is 3.16. The SMILES string of the molecule is CCNC(=NCCc1sc(C)nc1C)N1CCN(CC(C)C)CC1.I. The molecule has 7 heteroatoms. The summed E-state index contributed by atoms with van der Waals surface area (Å²) < 4.78 is 0. The molecule has 1 fully saturated rings. The molecule has 0 unspecified atom stereocenters. The molecule has 0 atom stereocenters. The van der Waals surface area contributed by atoms with Crippen molar-refractivity contribution in [2.75, 3.05) is 45.8 Å². The van der Waals surface area contributed by atoms with E-state index in [0.717, 1.165) is 62.6 Å². The maximum atomic E-state index is 4.86. The first-order valence-corrected chi connectivity index (χ1v) is 9.99. The minimum absolute atomic E-state index is 0. The van der Waals surface area contributed by atoms with Gasteiger partial charge in [-0.2, -0.15) is 0 Å². The van der Waals surface area contributed by atoms with Crippen LogP contribution in [0.25, 0.3) is 0 Å². The van der Waals surface area contributed by atoms with E-state index in [2.05, 4.69) is 54.7 Å². The molecule has 2 rings (SSSR count). The first-order valence-electron chi connectivity index (χ1n) is 9.18. The Hall–Kier alpha value is -0.410. The van der Waals surface area contributed by atoms with Crippen molar-refractivity contribution in [2.45, 2.75) is 41.0 Å². The molecule has 1 aliphatic rings. The van der Waals surface area contributed by atoms with Crippen LogP contribution in [0.1, 0.15) is 36.3 Å². The zero-order valence-corrected chi connectivity index (χ0v) is 19.5. The number of nitrogens with one attached hydrogen (secondary N) is 1. The Balaban J connectivity index is 0.00000312. The zero-order valence-electron chi connectivity index (χ0n) is 16.3. The predicted molar refractivity (Wildman–Crippen MR) is 120 cm³/mol. The number of guanidine groups is 1. The van der Waals surface area contributed by atoms with Crippen LogP contribution in [0.3, 0.4) is 0 Å². The Labute approximate surface area is 174 Å². The van der Waals surface area contributed by atoms with E-state index in [1.807, 2.05) is 0 Å². The molecule has 144 valence electrons. The van der Waals surface area contributed by atoms with Gasteiger partial charge in [-0.15, -0.1) is 35.3 Å². The lowest BCUT2D eigenvalue weighted by Gasteiger charge is -2.37. The van der Waals surface area contributed by atoms with Crippen LogP contribution in [0, 0.1) is 19.8 Å². The van der Waals surface area contributed by atoms with E-state index in [-0.39, 0.29) is 24.0 Å². The van der Waals surface area contributed by atoms with Crippen LogP contribution in [0.15, 0.2) is 4.99 Å². The molecule has 0 bridgehead atoms. The van der Waals surface area contributed by atoms with Crippen LogP contribution in [-0.2, 0) is 6.42 Å². The molecule has 0 spiro atoms. The van der Waals surface area contributed by atoms with Gasteiger partial charge in [-0.05, 0) is 26.7 Å². The highest BCUT2D eigenvalue weighted by Gasteiger charge is 2.19. The second-order valence-corrected chi connectivity index (χ2v) is 8.20. The quantitative estimate of drug-likeness (QED) is 0.387. The van der Waals surface area contributed by atoms with Crippen molar-refractivity contribution >= 4 is 41.3 Å². The van der Waals surface area contributed by atoms with Crippen molar-refractivity contribution in [2.24, 2.45) is 10.9 Å². The summed E-state index contributed by atoms with van der Waals surface area (Å²) in [4.78, 5) is 15.7. The molecule has 5 nitrogen and oxygen atoms in total. The van der Waals surface area contributed by atoms with Gasteiger partial charge < -0.3 is 10.2 Å². The summed E-state index contributed by atoms with van der Waals surface area (Å²) in [6, 6.07) is 0.